The minimum absolute atomic E-state index is 0.337. The quantitative estimate of drug-likeness (QED) is 0.0633. The second-order valence-electron chi connectivity index (χ2n) is 14.4. The van der Waals surface area contributed by atoms with Gasteiger partial charge in [0.05, 0.1) is 12.0 Å². The molecule has 16 nitrogen and oxygen atoms in total. The van der Waals surface area contributed by atoms with Gasteiger partial charge in [-0.2, -0.15) is 0 Å². The van der Waals surface area contributed by atoms with Gasteiger partial charge in [0.2, 0.25) is 8.57 Å². The lowest BCUT2D eigenvalue weighted by Crippen LogP contribution is -2.56. The first kappa shape index (κ1) is 59.5. The summed E-state index contributed by atoms with van der Waals surface area (Å²) in [4.78, 5) is 104. The number of hydrogen-bond acceptors (Lipinski definition) is 12. The molecule has 0 aromatic heterocycles. The molecule has 28 heteroatoms. The summed E-state index contributed by atoms with van der Waals surface area (Å²) in [7, 11) is 0. The van der Waals surface area contributed by atoms with Crippen molar-refractivity contribution in [1.82, 2.24) is 21.3 Å². The smallest absolute Gasteiger partial charge is 0.331 e. The number of carbonyl (C=O) groups is 8. The van der Waals surface area contributed by atoms with Gasteiger partial charge in [-0.05, 0) is 253 Å². The normalized spacial score (nSPS) is 13.4. The highest BCUT2D eigenvalue weighted by atomic mass is 80.0. The van der Waals surface area contributed by atoms with Crippen molar-refractivity contribution in [1.29, 1.82) is 0 Å². The van der Waals surface area contributed by atoms with Crippen LogP contribution in [-0.2, 0) is 57.3 Å². The highest BCUT2D eigenvalue weighted by Gasteiger charge is 2.46. The van der Waals surface area contributed by atoms with Gasteiger partial charge >= 0.3 is 23.9 Å². The number of alkyl halides is 12. The third kappa shape index (κ3) is 20.6. The first-order valence-corrected chi connectivity index (χ1v) is 25.3. The topological polar surface area (TPSA) is 222 Å². The molecule has 334 valence electrons. The van der Waals surface area contributed by atoms with Gasteiger partial charge in [-0.1, -0.05) is 0 Å². The van der Waals surface area contributed by atoms with E-state index in [4.69, 9.17) is 18.9 Å². The van der Waals surface area contributed by atoms with Crippen LogP contribution in [0.4, 0.5) is 0 Å². The molecule has 0 bridgehead atoms. The lowest BCUT2D eigenvalue weighted by Gasteiger charge is -2.36. The maximum Gasteiger partial charge on any atom is 0.331 e. The molecule has 0 spiro atoms. The Labute approximate surface area is 436 Å². The summed E-state index contributed by atoms with van der Waals surface area (Å²) >= 11 is 36.9. The Balaban J connectivity index is 7.04. The first-order valence-electron chi connectivity index (χ1n) is 15.8. The molecule has 4 amide bonds. The Morgan fingerprint density at radius 2 is 0.552 bits per heavy atom. The molecule has 0 saturated carbocycles. The van der Waals surface area contributed by atoms with E-state index in [0.717, 1.165) is 0 Å². The molecule has 4 N–H and O–H groups in total. The number of nitrogens with one attached hydrogen (secondary N) is 4. The van der Waals surface area contributed by atoms with Gasteiger partial charge in [0.25, 0.3) is 23.6 Å². The van der Waals surface area contributed by atoms with Crippen molar-refractivity contribution >= 4 is 239 Å². The van der Waals surface area contributed by atoms with Gasteiger partial charge in [0.1, 0.15) is 42.0 Å². The molecule has 0 radical (unpaired) electrons. The van der Waals surface area contributed by atoms with Crippen molar-refractivity contribution in [3.8, 4) is 0 Å². The Bertz CT molecular complexity index is 1450. The molecule has 0 aromatic rings. The average molecular weight is 1610 g/mol. The monoisotopic (exact) mass is 1590 g/mol. The predicted molar refractivity (Wildman–Crippen MR) is 258 cm³/mol. The van der Waals surface area contributed by atoms with E-state index in [1.54, 1.807) is 0 Å². The predicted octanol–water partition coefficient (Wildman–Crippen LogP) is 7.47. The van der Waals surface area contributed by atoms with Crippen molar-refractivity contribution in [2.75, 3.05) is 26.4 Å². The van der Waals surface area contributed by atoms with Crippen LogP contribution in [0.15, 0.2) is 0 Å². The summed E-state index contributed by atoms with van der Waals surface area (Å²) in [6, 6.07) is 0. The van der Waals surface area contributed by atoms with Crippen LogP contribution in [0.1, 0.15) is 61.8 Å². The molecule has 0 fully saturated rings. The summed E-state index contributed by atoms with van der Waals surface area (Å²) < 4.78 is 16.9. The second-order valence-corrected chi connectivity index (χ2v) is 41.5. The summed E-state index contributed by atoms with van der Waals surface area (Å²) in [5, 5.41) is 9.97. The number of rotatable bonds is 17. The highest BCUT2D eigenvalue weighted by Crippen LogP contribution is 2.37. The van der Waals surface area contributed by atoms with Crippen molar-refractivity contribution < 1.29 is 57.3 Å². The van der Waals surface area contributed by atoms with Gasteiger partial charge in [0.15, 0.2) is 0 Å². The van der Waals surface area contributed by atoms with Crippen molar-refractivity contribution in [2.45, 2.75) is 92.5 Å². The number of esters is 4. The lowest BCUT2D eigenvalue weighted by atomic mass is 9.86. The van der Waals surface area contributed by atoms with Gasteiger partial charge < -0.3 is 40.2 Å². The van der Waals surface area contributed by atoms with Crippen LogP contribution >= 0.6 is 191 Å². The third-order valence-corrected chi connectivity index (χ3v) is 11.5. The maximum atomic E-state index is 13.5. The molecule has 0 heterocycles. The fourth-order valence-corrected chi connectivity index (χ4v) is 4.89. The van der Waals surface area contributed by atoms with E-state index in [-0.39, 0.29) is 6.42 Å². The molecule has 58 heavy (non-hydrogen) atoms. The van der Waals surface area contributed by atoms with Gasteiger partial charge in [0, 0.05) is 0 Å². The van der Waals surface area contributed by atoms with Crippen LogP contribution in [-0.4, -0.2) is 105 Å². The summed E-state index contributed by atoms with van der Waals surface area (Å²) in [5.41, 5.74) is -8.37. The number of amides is 4. The third-order valence-electron chi connectivity index (χ3n) is 7.17. The summed E-state index contributed by atoms with van der Waals surface area (Å²) in [6.07, 6.45) is -0.337. The Hall–Kier alpha value is 1.52. The van der Waals surface area contributed by atoms with Crippen molar-refractivity contribution in [3.05, 3.63) is 0 Å². The molecule has 0 atom stereocenters. The van der Waals surface area contributed by atoms with E-state index in [2.05, 4.69) is 212 Å². The Morgan fingerprint density at radius 1 is 0.362 bits per heavy atom. The van der Waals surface area contributed by atoms with Crippen LogP contribution in [0.3, 0.4) is 0 Å². The zero-order valence-corrected chi connectivity index (χ0v) is 50.5. The van der Waals surface area contributed by atoms with Crippen LogP contribution in [0, 0.1) is 5.41 Å². The Morgan fingerprint density at radius 3 is 0.741 bits per heavy atom. The zero-order valence-electron chi connectivity index (χ0n) is 31.5. The summed E-state index contributed by atoms with van der Waals surface area (Å²) in [6.45, 7) is 8.26. The minimum atomic E-state index is -1.73. The van der Waals surface area contributed by atoms with E-state index in [1.165, 1.54) is 55.4 Å². The van der Waals surface area contributed by atoms with Crippen LogP contribution < -0.4 is 21.3 Å². The molecule has 0 aliphatic heterocycles. The van der Waals surface area contributed by atoms with Crippen LogP contribution in [0.2, 0.25) is 0 Å². The Kier molecular flexibility index (Phi) is 23.2. The van der Waals surface area contributed by atoms with Gasteiger partial charge in [-0.15, -0.1) is 0 Å². The highest BCUT2D eigenvalue weighted by molar-refractivity contribution is 9.41. The van der Waals surface area contributed by atoms with E-state index in [9.17, 15) is 38.4 Å². The number of ether oxygens (including phenoxy) is 4. The average Bonchev–Trinajstić information content (AvgIpc) is 3.01. The molecule has 0 aromatic carbocycles. The lowest BCUT2D eigenvalue weighted by molar-refractivity contribution is -0.173. The molecular weight excluding hydrogens is 1570 g/mol. The second kappa shape index (κ2) is 22.6. The van der Waals surface area contributed by atoms with Gasteiger partial charge in [-0.25, -0.2) is 19.2 Å². The minimum Gasteiger partial charge on any atom is -0.464 e. The molecule has 0 saturated heterocycles. The van der Waals surface area contributed by atoms with Crippen molar-refractivity contribution in [2.24, 2.45) is 5.41 Å². The molecule has 0 aliphatic rings. The fourth-order valence-electron chi connectivity index (χ4n) is 3.70. The van der Waals surface area contributed by atoms with Gasteiger partial charge in [-0.3, -0.25) is 19.2 Å². The number of halogens is 12. The van der Waals surface area contributed by atoms with E-state index < -0.39 is 110 Å². The number of hydrogen-bond donors (Lipinski definition) is 4. The molecule has 0 rings (SSSR count). The standard InChI is InChI=1S/C30H38Br12N4O12/c1-22(2,43-14(47)27(31,32)33)18(51)55-10-9-26(11-56-19(52)23(3,4)44-15(48)28(34,35)36,12-57-20(53)24(5,6)45-16(49)29(37,38)39)13-58-21(54)25(7,8)46-17(50)30(40,41)42/h9-13H2,1-8H3,(H,43,47)(H,44,48)(H,45,49)(H,46,50). The fraction of sp³-hybridized carbons (Fsp3) is 0.733. The SMILES string of the molecule is CC(C)(NC(=O)C(Br)(Br)Br)C(=O)OCCC(COC(=O)C(C)(C)NC(=O)C(Br)(Br)Br)(COC(=O)C(C)(C)NC(=O)C(Br)(Br)Br)COC(=O)C(C)(C)NC(=O)C(Br)(Br)Br. The van der Waals surface area contributed by atoms with Crippen molar-refractivity contribution in [3.63, 3.8) is 0 Å². The maximum absolute atomic E-state index is 13.5. The molecular formula is C30H38Br12N4O12. The first-order chi connectivity index (χ1) is 25.5. The van der Waals surface area contributed by atoms with Crippen LogP contribution in [0.5, 0.6) is 0 Å². The number of carbonyl (C=O) groups excluding carboxylic acids is 8. The van der Waals surface area contributed by atoms with E-state index >= 15 is 0 Å². The zero-order chi connectivity index (χ0) is 46.3. The van der Waals surface area contributed by atoms with E-state index in [1.807, 2.05) is 0 Å². The summed E-state index contributed by atoms with van der Waals surface area (Å²) in [5.74, 6) is -6.71. The van der Waals surface area contributed by atoms with Crippen LogP contribution in [0.25, 0.3) is 0 Å². The molecule has 0 unspecified atom stereocenters. The largest absolute Gasteiger partial charge is 0.464 e. The van der Waals surface area contributed by atoms with E-state index in [0.29, 0.717) is 0 Å². The molecule has 0 aliphatic carbocycles.